The molecule has 0 unspecified atom stereocenters. The summed E-state index contributed by atoms with van der Waals surface area (Å²) in [4.78, 5) is 0. The predicted molar refractivity (Wildman–Crippen MR) is 79.7 cm³/mol. The lowest BCUT2D eigenvalue weighted by atomic mass is 10.1. The summed E-state index contributed by atoms with van der Waals surface area (Å²) < 4.78 is 4.08. The van der Waals surface area contributed by atoms with Crippen LogP contribution >= 0.6 is 33.2 Å². The zero-order valence-corrected chi connectivity index (χ0v) is 11.7. The third-order valence-corrected chi connectivity index (χ3v) is 10.9. The topological polar surface area (TPSA) is 0 Å². The van der Waals surface area contributed by atoms with E-state index in [0.29, 0.717) is 33.2 Å². The first-order valence-electron chi connectivity index (χ1n) is 4.41. The minimum absolute atomic E-state index is 0.343. The van der Waals surface area contributed by atoms with Gasteiger partial charge < -0.3 is 0 Å². The Labute approximate surface area is 98.7 Å². The van der Waals surface area contributed by atoms with Gasteiger partial charge in [-0.05, 0) is 49.2 Å². The molecule has 0 amide bonds. The maximum absolute atomic E-state index is 2.43. The third-order valence-electron chi connectivity index (χ3n) is 2.31. The Hall–Kier alpha value is -0.1000. The molecule has 3 rings (SSSR count). The average Bonchev–Trinajstić information content (AvgIpc) is 2.29. The Bertz CT molecular complexity index is 553. The molecule has 0 radical (unpaired) electrons. The number of hydrogen-bond donors (Lipinski definition) is 0. The summed E-state index contributed by atoms with van der Waals surface area (Å²) in [5.41, 5.74) is 1.50. The van der Waals surface area contributed by atoms with Crippen molar-refractivity contribution in [2.24, 2.45) is 0 Å². The van der Waals surface area contributed by atoms with Gasteiger partial charge >= 0.3 is 0 Å². The normalized spacial score (nSPS) is 14.3. The van der Waals surface area contributed by atoms with Gasteiger partial charge in [0.2, 0.25) is 0 Å². The van der Waals surface area contributed by atoms with Gasteiger partial charge in [0, 0.05) is 3.57 Å². The molecule has 1 heterocycles. The molecule has 0 atom stereocenters. The molecule has 0 bridgehead atoms. The van der Waals surface area contributed by atoms with Crippen molar-refractivity contribution in [1.82, 2.24) is 0 Å². The molecule has 0 spiro atoms. The van der Waals surface area contributed by atoms with Crippen molar-refractivity contribution in [2.45, 2.75) is 0 Å². The molecule has 2 heteroatoms. The Kier molecular flexibility index (Phi) is 2.49. The van der Waals surface area contributed by atoms with E-state index in [2.05, 4.69) is 46.6 Å². The van der Waals surface area contributed by atoms with E-state index < -0.39 is 0 Å². The van der Waals surface area contributed by atoms with E-state index in [1.54, 1.807) is 3.57 Å². The highest BCUT2D eigenvalue weighted by Gasteiger charge is 2.04. The first-order chi connectivity index (χ1) is 6.95. The van der Waals surface area contributed by atoms with Crippen LogP contribution < -0.4 is 0 Å². The van der Waals surface area contributed by atoms with E-state index in [1.165, 1.54) is 16.3 Å². The molecule has 0 aromatic heterocycles. The molecule has 70 valence electrons. The molecule has 14 heavy (non-hydrogen) atoms. The second-order valence-corrected chi connectivity index (χ2v) is 11.8. The highest BCUT2D eigenvalue weighted by atomic mass is 128. The largest absolute Gasteiger partial charge is 0.0616 e. The lowest BCUT2D eigenvalue weighted by molar-refractivity contribution is 1.66. The lowest BCUT2D eigenvalue weighted by Crippen LogP contribution is -1.84. The molecule has 2 aromatic rings. The van der Waals surface area contributed by atoms with Gasteiger partial charge in [-0.1, -0.05) is 46.9 Å². The Balaban J connectivity index is 2.47. The fraction of sp³-hybridized carbons (Fsp3) is 0. The Morgan fingerprint density at radius 3 is 2.86 bits per heavy atom. The van der Waals surface area contributed by atoms with Crippen LogP contribution in [0.1, 0.15) is 5.56 Å². The molecule has 0 nitrogen and oxygen atoms in total. The van der Waals surface area contributed by atoms with Crippen LogP contribution in [-0.2, 0) is 0 Å². The smallest absolute Gasteiger partial charge is 0.0209 e. The zero-order valence-electron chi connectivity index (χ0n) is 7.37. The summed E-state index contributed by atoms with van der Waals surface area (Å²) in [5.74, 6) is 0. The monoisotopic (exact) mass is 406 g/mol. The molecule has 0 saturated heterocycles. The van der Waals surface area contributed by atoms with Crippen LogP contribution in [0.25, 0.3) is 16.8 Å². The molecule has 2 aromatic carbocycles. The van der Waals surface area contributed by atoms with Crippen molar-refractivity contribution in [1.29, 1.82) is 0 Å². The van der Waals surface area contributed by atoms with Crippen LogP contribution in [0.2, 0.25) is 0 Å². The fourth-order valence-corrected chi connectivity index (χ4v) is 9.46. The standard InChI is InChI=1S/C12H8I2/c1-2-4-10-9(3-1)5-6-12-11(10)7-8-13-14-12/h1-8H. The molecular formula is C12H8I2. The number of rotatable bonds is 0. The molecule has 1 aliphatic rings. The van der Waals surface area contributed by atoms with E-state index in [1.807, 2.05) is 0 Å². The number of halogens is 2. The van der Waals surface area contributed by atoms with Gasteiger partial charge in [-0.25, -0.2) is 0 Å². The van der Waals surface area contributed by atoms with Crippen LogP contribution in [0.5, 0.6) is 0 Å². The second kappa shape index (κ2) is 3.81. The molecule has 1 aliphatic heterocycles. The number of benzene rings is 2. The van der Waals surface area contributed by atoms with Gasteiger partial charge in [-0.2, -0.15) is 0 Å². The van der Waals surface area contributed by atoms with E-state index in [4.69, 9.17) is 0 Å². The fourth-order valence-electron chi connectivity index (χ4n) is 1.66. The zero-order chi connectivity index (χ0) is 9.38. The van der Waals surface area contributed by atoms with Crippen LogP contribution in [0.3, 0.4) is 0 Å². The van der Waals surface area contributed by atoms with Gasteiger partial charge in [0.05, 0.1) is 0 Å². The maximum atomic E-state index is 2.43. The molecule has 0 aliphatic carbocycles. The van der Waals surface area contributed by atoms with Crippen molar-refractivity contribution in [2.75, 3.05) is 0 Å². The quantitative estimate of drug-likeness (QED) is 0.549. The second-order valence-electron chi connectivity index (χ2n) is 3.13. The van der Waals surface area contributed by atoms with Crippen molar-refractivity contribution < 1.29 is 0 Å². The first kappa shape index (κ1) is 9.15. The van der Waals surface area contributed by atoms with E-state index in [9.17, 15) is 0 Å². The van der Waals surface area contributed by atoms with Crippen LogP contribution in [0.4, 0.5) is 0 Å². The molecular weight excluding hydrogens is 398 g/mol. The van der Waals surface area contributed by atoms with E-state index in [0.717, 1.165) is 0 Å². The summed E-state index contributed by atoms with van der Waals surface area (Å²) >= 11 is 0.742. The highest BCUT2D eigenvalue weighted by molar-refractivity contribution is 14.8. The van der Waals surface area contributed by atoms with Crippen molar-refractivity contribution in [3.63, 3.8) is 0 Å². The lowest BCUT2D eigenvalue weighted by Gasteiger charge is -2.07. The molecule has 0 fully saturated rings. The Morgan fingerprint density at radius 1 is 0.929 bits per heavy atom. The van der Waals surface area contributed by atoms with Crippen molar-refractivity contribution in [3.05, 3.63) is 49.6 Å². The summed E-state index contributed by atoms with van der Waals surface area (Å²) in [6.07, 6.45) is 2.34. The van der Waals surface area contributed by atoms with Gasteiger partial charge in [0.1, 0.15) is 0 Å². The summed E-state index contributed by atoms with van der Waals surface area (Å²) in [6, 6.07) is 13.3. The van der Waals surface area contributed by atoms with Crippen molar-refractivity contribution >= 4 is 50.0 Å². The minimum Gasteiger partial charge on any atom is -0.0616 e. The minimum atomic E-state index is 0.343. The van der Waals surface area contributed by atoms with Crippen molar-refractivity contribution in [3.8, 4) is 0 Å². The van der Waals surface area contributed by atoms with Gasteiger partial charge in [0.15, 0.2) is 0 Å². The third kappa shape index (κ3) is 1.48. The maximum Gasteiger partial charge on any atom is 0.0209 e. The Morgan fingerprint density at radius 2 is 1.86 bits per heavy atom. The van der Waals surface area contributed by atoms with E-state index in [-0.39, 0.29) is 0 Å². The van der Waals surface area contributed by atoms with Crippen LogP contribution in [0, 0.1) is 3.57 Å². The molecule has 0 N–H and O–H groups in total. The average molecular weight is 406 g/mol. The van der Waals surface area contributed by atoms with Gasteiger partial charge in [-0.15, -0.1) is 0 Å². The van der Waals surface area contributed by atoms with Gasteiger partial charge in [-0.3, -0.25) is 0 Å². The summed E-state index contributed by atoms with van der Waals surface area (Å²) in [7, 11) is 0. The van der Waals surface area contributed by atoms with E-state index >= 15 is 0 Å². The number of fused-ring (bicyclic) bond motifs is 3. The SMILES string of the molecule is C1=Cc2c(ccc3ccccc23)I=I1. The number of hydrogen-bond acceptors (Lipinski definition) is 0. The first-order valence-corrected chi connectivity index (χ1v) is 13.0. The molecule has 0 saturated carbocycles. The van der Waals surface area contributed by atoms with Gasteiger partial charge in [0.25, 0.3) is 0 Å². The van der Waals surface area contributed by atoms with Crippen LogP contribution in [-0.4, -0.2) is 0 Å². The summed E-state index contributed by atoms with van der Waals surface area (Å²) in [6.45, 7) is 0. The highest BCUT2D eigenvalue weighted by Crippen LogP contribution is 2.37. The summed E-state index contributed by atoms with van der Waals surface area (Å²) in [5, 5.41) is 2.81. The predicted octanol–water partition coefficient (Wildman–Crippen LogP) is 4.85. The van der Waals surface area contributed by atoms with Crippen LogP contribution in [0.15, 0.2) is 40.5 Å².